The molecule has 0 bridgehead atoms. The van der Waals surface area contributed by atoms with Gasteiger partial charge in [0.05, 0.1) is 17.9 Å². The van der Waals surface area contributed by atoms with E-state index in [0.29, 0.717) is 55.2 Å². The maximum absolute atomic E-state index is 12.6. The maximum Gasteiger partial charge on any atom is 0.294 e. The minimum atomic E-state index is -0.541. The summed E-state index contributed by atoms with van der Waals surface area (Å²) in [6.07, 6.45) is 5.47. The number of hydrogen-bond acceptors (Lipinski definition) is 5. The molecule has 2 fully saturated rings. The standard InChI is InChI=1S/C22H24ClN5O4/c23-16-3-1-14(2-4-16)20(30)22(32)27-9-6-18(7-10-27)28-13-17(12-25-28)26-21(31)15-5-8-24-19(29)11-15/h1-4,12-13,15,18H,5-11H2,(H,24,29)(H,26,31). The number of amides is 3. The molecule has 1 aromatic carbocycles. The number of anilines is 1. The Hall–Kier alpha value is -3.20. The highest BCUT2D eigenvalue weighted by molar-refractivity contribution is 6.42. The number of ketones is 1. The number of nitrogens with zero attached hydrogens (tertiary/aromatic N) is 3. The van der Waals surface area contributed by atoms with Gasteiger partial charge in [-0.2, -0.15) is 5.10 Å². The topological polar surface area (TPSA) is 113 Å². The van der Waals surface area contributed by atoms with Crippen molar-refractivity contribution < 1.29 is 19.2 Å². The van der Waals surface area contributed by atoms with Gasteiger partial charge in [0, 0.05) is 48.8 Å². The normalized spacial score (nSPS) is 19.3. The first-order valence-corrected chi connectivity index (χ1v) is 11.0. The Bertz CT molecular complexity index is 1030. The van der Waals surface area contributed by atoms with Gasteiger partial charge < -0.3 is 15.5 Å². The van der Waals surface area contributed by atoms with Gasteiger partial charge in [0.25, 0.3) is 5.91 Å². The third-order valence-electron chi connectivity index (χ3n) is 5.91. The van der Waals surface area contributed by atoms with Gasteiger partial charge in [-0.15, -0.1) is 0 Å². The van der Waals surface area contributed by atoms with E-state index in [0.717, 1.165) is 0 Å². The Morgan fingerprint density at radius 1 is 1.09 bits per heavy atom. The van der Waals surface area contributed by atoms with Crippen molar-refractivity contribution in [2.75, 3.05) is 25.0 Å². The average molecular weight is 458 g/mol. The van der Waals surface area contributed by atoms with Crippen LogP contribution in [0.3, 0.4) is 0 Å². The molecule has 1 unspecified atom stereocenters. The van der Waals surface area contributed by atoms with E-state index in [9.17, 15) is 19.2 Å². The molecule has 10 heteroatoms. The summed E-state index contributed by atoms with van der Waals surface area (Å²) in [5.74, 6) is -1.68. The number of rotatable bonds is 5. The first kappa shape index (κ1) is 22.0. The second-order valence-electron chi connectivity index (χ2n) is 8.10. The number of piperidine rings is 2. The minimum absolute atomic E-state index is 0.0656. The first-order chi connectivity index (χ1) is 15.4. The van der Waals surface area contributed by atoms with Gasteiger partial charge in [-0.05, 0) is 43.5 Å². The van der Waals surface area contributed by atoms with E-state index in [1.54, 1.807) is 46.2 Å². The first-order valence-electron chi connectivity index (χ1n) is 10.6. The molecule has 9 nitrogen and oxygen atoms in total. The second-order valence-corrected chi connectivity index (χ2v) is 8.53. The van der Waals surface area contributed by atoms with Gasteiger partial charge >= 0.3 is 0 Å². The zero-order valence-electron chi connectivity index (χ0n) is 17.4. The molecule has 1 aromatic heterocycles. The maximum atomic E-state index is 12.6. The summed E-state index contributed by atoms with van der Waals surface area (Å²) in [6, 6.07) is 6.34. The Labute approximate surface area is 190 Å². The van der Waals surface area contributed by atoms with Gasteiger partial charge in [0.1, 0.15) is 0 Å². The van der Waals surface area contributed by atoms with Crippen LogP contribution < -0.4 is 10.6 Å². The largest absolute Gasteiger partial charge is 0.356 e. The molecule has 2 aromatic rings. The highest BCUT2D eigenvalue weighted by Crippen LogP contribution is 2.24. The number of halogens is 1. The van der Waals surface area contributed by atoms with Crippen molar-refractivity contribution in [3.8, 4) is 0 Å². The van der Waals surface area contributed by atoms with E-state index < -0.39 is 11.7 Å². The van der Waals surface area contributed by atoms with Gasteiger partial charge in [-0.25, -0.2) is 0 Å². The summed E-state index contributed by atoms with van der Waals surface area (Å²) in [7, 11) is 0. The molecule has 3 heterocycles. The van der Waals surface area contributed by atoms with Crippen LogP contribution in [0.5, 0.6) is 0 Å². The molecule has 2 saturated heterocycles. The smallest absolute Gasteiger partial charge is 0.294 e. The molecule has 32 heavy (non-hydrogen) atoms. The number of benzene rings is 1. The average Bonchev–Trinajstić information content (AvgIpc) is 3.27. The summed E-state index contributed by atoms with van der Waals surface area (Å²) in [6.45, 7) is 1.40. The summed E-state index contributed by atoms with van der Waals surface area (Å²) < 4.78 is 1.78. The Morgan fingerprint density at radius 2 is 1.81 bits per heavy atom. The SMILES string of the molecule is O=C1CC(C(=O)Nc2cnn(C3CCN(C(=O)C(=O)c4ccc(Cl)cc4)CC3)c2)CCN1. The predicted molar refractivity (Wildman–Crippen MR) is 117 cm³/mol. The van der Waals surface area contributed by atoms with E-state index in [1.807, 2.05) is 0 Å². The molecule has 2 aliphatic heterocycles. The summed E-state index contributed by atoms with van der Waals surface area (Å²) in [5.41, 5.74) is 0.904. The molecule has 2 N–H and O–H groups in total. The Balaban J connectivity index is 1.30. The fourth-order valence-electron chi connectivity index (χ4n) is 4.06. The lowest BCUT2D eigenvalue weighted by atomic mass is 9.97. The molecular formula is C22H24ClN5O4. The summed E-state index contributed by atoms with van der Waals surface area (Å²) >= 11 is 5.84. The lowest BCUT2D eigenvalue weighted by Crippen LogP contribution is -2.42. The van der Waals surface area contributed by atoms with Crippen LogP contribution in [-0.4, -0.2) is 57.8 Å². The van der Waals surface area contributed by atoms with Crippen molar-refractivity contribution in [3.63, 3.8) is 0 Å². The van der Waals surface area contributed by atoms with Crippen molar-refractivity contribution in [2.24, 2.45) is 5.92 Å². The zero-order chi connectivity index (χ0) is 22.7. The fourth-order valence-corrected chi connectivity index (χ4v) is 4.18. The van der Waals surface area contributed by atoms with Gasteiger partial charge in [0.2, 0.25) is 17.6 Å². The Morgan fingerprint density at radius 3 is 2.50 bits per heavy atom. The van der Waals surface area contributed by atoms with Crippen molar-refractivity contribution in [3.05, 3.63) is 47.2 Å². The van der Waals surface area contributed by atoms with Crippen LogP contribution in [0, 0.1) is 5.92 Å². The van der Waals surface area contributed by atoms with E-state index in [1.165, 1.54) is 0 Å². The van der Waals surface area contributed by atoms with Crippen molar-refractivity contribution in [1.29, 1.82) is 0 Å². The highest BCUT2D eigenvalue weighted by atomic mass is 35.5. The van der Waals surface area contributed by atoms with Crippen molar-refractivity contribution >= 4 is 40.8 Å². The number of aromatic nitrogens is 2. The zero-order valence-corrected chi connectivity index (χ0v) is 18.2. The van der Waals surface area contributed by atoms with Crippen molar-refractivity contribution in [2.45, 2.75) is 31.7 Å². The van der Waals surface area contributed by atoms with Crippen LogP contribution in [0.1, 0.15) is 42.1 Å². The van der Waals surface area contributed by atoms with Gasteiger partial charge in [-0.3, -0.25) is 23.9 Å². The molecule has 0 spiro atoms. The molecular weight excluding hydrogens is 434 g/mol. The van der Waals surface area contributed by atoms with E-state index in [-0.39, 0.29) is 30.2 Å². The third kappa shape index (κ3) is 4.99. The molecule has 168 valence electrons. The van der Waals surface area contributed by atoms with Crippen LogP contribution >= 0.6 is 11.6 Å². The molecule has 0 saturated carbocycles. The van der Waals surface area contributed by atoms with Crippen LogP contribution in [-0.2, 0) is 14.4 Å². The molecule has 4 rings (SSSR count). The monoisotopic (exact) mass is 457 g/mol. The lowest BCUT2D eigenvalue weighted by molar-refractivity contribution is -0.129. The van der Waals surface area contributed by atoms with E-state index >= 15 is 0 Å². The number of hydrogen-bond donors (Lipinski definition) is 2. The van der Waals surface area contributed by atoms with Crippen LogP contribution in [0.4, 0.5) is 5.69 Å². The van der Waals surface area contributed by atoms with Crippen LogP contribution in [0.15, 0.2) is 36.7 Å². The fraction of sp³-hybridized carbons (Fsp3) is 0.409. The summed E-state index contributed by atoms with van der Waals surface area (Å²) in [4.78, 5) is 50.5. The third-order valence-corrected chi connectivity index (χ3v) is 6.17. The molecule has 0 aliphatic carbocycles. The number of carbonyl (C=O) groups is 4. The van der Waals surface area contributed by atoms with Crippen molar-refractivity contribution in [1.82, 2.24) is 20.0 Å². The predicted octanol–water partition coefficient (Wildman–Crippen LogP) is 2.05. The molecule has 1 atom stereocenters. The second kappa shape index (κ2) is 9.52. The lowest BCUT2D eigenvalue weighted by Gasteiger charge is -2.31. The quantitative estimate of drug-likeness (QED) is 0.527. The molecule has 2 aliphatic rings. The van der Waals surface area contributed by atoms with Crippen LogP contribution in [0.2, 0.25) is 5.02 Å². The van der Waals surface area contributed by atoms with E-state index in [2.05, 4.69) is 15.7 Å². The molecule has 0 radical (unpaired) electrons. The van der Waals surface area contributed by atoms with Crippen LogP contribution in [0.25, 0.3) is 0 Å². The number of likely N-dealkylation sites (tertiary alicyclic amines) is 1. The number of nitrogens with one attached hydrogen (secondary N) is 2. The minimum Gasteiger partial charge on any atom is -0.356 e. The summed E-state index contributed by atoms with van der Waals surface area (Å²) in [5, 5.41) is 10.4. The molecule has 3 amide bonds. The number of carbonyl (C=O) groups excluding carboxylic acids is 4. The number of Topliss-reactive ketones (excluding diaryl/α,β-unsaturated/α-hetero) is 1. The highest BCUT2D eigenvalue weighted by Gasteiger charge is 2.29. The van der Waals surface area contributed by atoms with Gasteiger partial charge in [-0.1, -0.05) is 11.6 Å². The van der Waals surface area contributed by atoms with Gasteiger partial charge in [0.15, 0.2) is 0 Å². The Kier molecular flexibility index (Phi) is 6.55. The van der Waals surface area contributed by atoms with E-state index in [4.69, 9.17) is 11.6 Å².